The SMILES string of the molecule is N#Cc1ccc(Sc2nnc(C3CC3)n2-c2ccccc2)nc1. The number of pyridine rings is 1. The maximum absolute atomic E-state index is 8.86. The van der Waals surface area contributed by atoms with E-state index in [-0.39, 0.29) is 0 Å². The molecule has 0 N–H and O–H groups in total. The van der Waals surface area contributed by atoms with Crippen LogP contribution in [0.3, 0.4) is 0 Å². The summed E-state index contributed by atoms with van der Waals surface area (Å²) in [6, 6.07) is 15.8. The Bertz CT molecular complexity index is 860. The molecule has 6 heteroatoms. The van der Waals surface area contributed by atoms with Crippen LogP contribution in [-0.2, 0) is 0 Å². The number of rotatable bonds is 4. The van der Waals surface area contributed by atoms with E-state index in [4.69, 9.17) is 5.26 Å². The smallest absolute Gasteiger partial charge is 0.202 e. The largest absolute Gasteiger partial charge is 0.273 e. The summed E-state index contributed by atoms with van der Waals surface area (Å²) in [5.41, 5.74) is 1.62. The van der Waals surface area contributed by atoms with Crippen LogP contribution in [0.15, 0.2) is 58.8 Å². The van der Waals surface area contributed by atoms with Gasteiger partial charge in [0.1, 0.15) is 16.9 Å². The number of hydrogen-bond donors (Lipinski definition) is 0. The molecule has 5 nitrogen and oxygen atoms in total. The molecule has 2 heterocycles. The monoisotopic (exact) mass is 319 g/mol. The number of nitrogens with zero attached hydrogens (tertiary/aromatic N) is 5. The van der Waals surface area contributed by atoms with E-state index in [1.165, 1.54) is 24.6 Å². The van der Waals surface area contributed by atoms with E-state index in [0.29, 0.717) is 11.5 Å². The van der Waals surface area contributed by atoms with Gasteiger partial charge in [-0.1, -0.05) is 18.2 Å². The van der Waals surface area contributed by atoms with Crippen LogP contribution >= 0.6 is 11.8 Å². The van der Waals surface area contributed by atoms with Gasteiger partial charge in [0.05, 0.1) is 5.56 Å². The molecule has 0 spiro atoms. The van der Waals surface area contributed by atoms with Crippen molar-refractivity contribution in [2.75, 3.05) is 0 Å². The standard InChI is InChI=1S/C17H13N5S/c18-10-12-6-9-15(19-11-12)23-17-21-20-16(13-7-8-13)22(17)14-4-2-1-3-5-14/h1-6,9,11,13H,7-8H2. The molecule has 0 bridgehead atoms. The highest BCUT2D eigenvalue weighted by atomic mass is 32.2. The fourth-order valence-electron chi connectivity index (χ4n) is 2.37. The van der Waals surface area contributed by atoms with Crippen LogP contribution in [0.2, 0.25) is 0 Å². The average Bonchev–Trinajstić information content (AvgIpc) is 3.37. The second kappa shape index (κ2) is 5.86. The molecule has 1 fully saturated rings. The molecule has 0 aliphatic heterocycles. The van der Waals surface area contributed by atoms with E-state index in [1.807, 2.05) is 24.3 Å². The van der Waals surface area contributed by atoms with Crippen molar-refractivity contribution in [1.29, 1.82) is 5.26 Å². The van der Waals surface area contributed by atoms with E-state index < -0.39 is 0 Å². The Morgan fingerprint density at radius 3 is 2.57 bits per heavy atom. The lowest BCUT2D eigenvalue weighted by atomic mass is 10.3. The third kappa shape index (κ3) is 2.83. The topological polar surface area (TPSA) is 67.4 Å². The van der Waals surface area contributed by atoms with Gasteiger partial charge in [-0.05, 0) is 48.9 Å². The normalized spacial score (nSPS) is 13.7. The average molecular weight is 319 g/mol. The first-order chi connectivity index (χ1) is 11.3. The van der Waals surface area contributed by atoms with Crippen LogP contribution in [0.5, 0.6) is 0 Å². The lowest BCUT2D eigenvalue weighted by molar-refractivity contribution is 0.828. The summed E-state index contributed by atoms with van der Waals surface area (Å²) in [6.07, 6.45) is 3.92. The molecule has 1 aliphatic rings. The number of benzene rings is 1. The van der Waals surface area contributed by atoms with Crippen LogP contribution in [0.1, 0.15) is 30.1 Å². The molecule has 112 valence electrons. The zero-order valence-electron chi connectivity index (χ0n) is 12.3. The molecular formula is C17H13N5S. The number of para-hydroxylation sites is 1. The highest BCUT2D eigenvalue weighted by molar-refractivity contribution is 7.99. The lowest BCUT2D eigenvalue weighted by Crippen LogP contribution is -2.01. The zero-order valence-corrected chi connectivity index (χ0v) is 13.1. The lowest BCUT2D eigenvalue weighted by Gasteiger charge is -2.09. The summed E-state index contributed by atoms with van der Waals surface area (Å²) in [6.45, 7) is 0. The van der Waals surface area contributed by atoms with Gasteiger partial charge >= 0.3 is 0 Å². The van der Waals surface area contributed by atoms with Gasteiger partial charge in [0.15, 0.2) is 0 Å². The van der Waals surface area contributed by atoms with Gasteiger partial charge in [-0.25, -0.2) is 4.98 Å². The molecular weight excluding hydrogens is 306 g/mol. The Labute approximate surface area is 138 Å². The first-order valence-electron chi connectivity index (χ1n) is 7.40. The molecule has 2 aromatic heterocycles. The maximum atomic E-state index is 8.86. The van der Waals surface area contributed by atoms with E-state index in [0.717, 1.165) is 21.7 Å². The molecule has 4 rings (SSSR count). The zero-order chi connectivity index (χ0) is 15.6. The molecule has 0 unspecified atom stereocenters. The Balaban J connectivity index is 1.72. The van der Waals surface area contributed by atoms with Crippen molar-refractivity contribution in [2.24, 2.45) is 0 Å². The van der Waals surface area contributed by atoms with Crippen molar-refractivity contribution in [3.63, 3.8) is 0 Å². The Kier molecular flexibility index (Phi) is 3.56. The highest BCUT2D eigenvalue weighted by Gasteiger charge is 2.31. The number of aromatic nitrogens is 4. The quantitative estimate of drug-likeness (QED) is 0.735. The molecule has 0 radical (unpaired) electrons. The van der Waals surface area contributed by atoms with Gasteiger partial charge in [0, 0.05) is 17.8 Å². The minimum Gasteiger partial charge on any atom is -0.273 e. The summed E-state index contributed by atoms with van der Waals surface area (Å²) >= 11 is 1.46. The predicted octanol–water partition coefficient (Wildman–Crippen LogP) is 3.56. The molecule has 1 saturated carbocycles. The molecule has 3 aromatic rings. The van der Waals surface area contributed by atoms with Gasteiger partial charge in [-0.3, -0.25) is 4.57 Å². The minimum atomic E-state index is 0.506. The van der Waals surface area contributed by atoms with Crippen LogP contribution < -0.4 is 0 Å². The molecule has 0 amide bonds. The van der Waals surface area contributed by atoms with Crippen molar-refractivity contribution in [3.05, 3.63) is 60.0 Å². The molecule has 0 atom stereocenters. The fraction of sp³-hybridized carbons (Fsp3) is 0.176. The first-order valence-corrected chi connectivity index (χ1v) is 8.21. The van der Waals surface area contributed by atoms with E-state index in [2.05, 4.69) is 38.0 Å². The molecule has 0 saturated heterocycles. The van der Waals surface area contributed by atoms with Gasteiger partial charge in [0.25, 0.3) is 0 Å². The van der Waals surface area contributed by atoms with E-state index in [9.17, 15) is 0 Å². The van der Waals surface area contributed by atoms with Crippen molar-refractivity contribution >= 4 is 11.8 Å². The Hall–Kier alpha value is -2.65. The van der Waals surface area contributed by atoms with Crippen LogP contribution in [0.25, 0.3) is 5.69 Å². The number of nitriles is 1. The van der Waals surface area contributed by atoms with Gasteiger partial charge in [0.2, 0.25) is 5.16 Å². The van der Waals surface area contributed by atoms with Crippen molar-refractivity contribution in [1.82, 2.24) is 19.7 Å². The van der Waals surface area contributed by atoms with E-state index >= 15 is 0 Å². The second-order valence-electron chi connectivity index (χ2n) is 5.38. The van der Waals surface area contributed by atoms with E-state index in [1.54, 1.807) is 12.3 Å². The van der Waals surface area contributed by atoms with Gasteiger partial charge in [-0.15, -0.1) is 10.2 Å². The van der Waals surface area contributed by atoms with Crippen molar-refractivity contribution in [2.45, 2.75) is 28.9 Å². The number of hydrogen-bond acceptors (Lipinski definition) is 5. The second-order valence-corrected chi connectivity index (χ2v) is 6.37. The summed E-state index contributed by atoms with van der Waals surface area (Å²) in [7, 11) is 0. The van der Waals surface area contributed by atoms with Crippen molar-refractivity contribution in [3.8, 4) is 11.8 Å². The summed E-state index contributed by atoms with van der Waals surface area (Å²) < 4.78 is 2.11. The van der Waals surface area contributed by atoms with Crippen LogP contribution in [0.4, 0.5) is 0 Å². The minimum absolute atomic E-state index is 0.506. The van der Waals surface area contributed by atoms with Crippen LogP contribution in [-0.4, -0.2) is 19.7 Å². The van der Waals surface area contributed by atoms with Gasteiger partial charge in [-0.2, -0.15) is 5.26 Å². The third-order valence-corrected chi connectivity index (χ3v) is 4.57. The molecule has 23 heavy (non-hydrogen) atoms. The molecule has 1 aromatic carbocycles. The fourth-order valence-corrected chi connectivity index (χ4v) is 3.17. The summed E-state index contributed by atoms with van der Waals surface area (Å²) in [5, 5.41) is 19.2. The van der Waals surface area contributed by atoms with Crippen LogP contribution in [0, 0.1) is 11.3 Å². The summed E-state index contributed by atoms with van der Waals surface area (Å²) in [4.78, 5) is 4.31. The Morgan fingerprint density at radius 2 is 1.91 bits per heavy atom. The maximum Gasteiger partial charge on any atom is 0.202 e. The predicted molar refractivity (Wildman–Crippen MR) is 86.4 cm³/mol. The van der Waals surface area contributed by atoms with Gasteiger partial charge < -0.3 is 0 Å². The highest BCUT2D eigenvalue weighted by Crippen LogP contribution is 2.41. The van der Waals surface area contributed by atoms with Crippen molar-refractivity contribution < 1.29 is 0 Å². The third-order valence-electron chi connectivity index (χ3n) is 3.68. The summed E-state index contributed by atoms with van der Waals surface area (Å²) in [5.74, 6) is 1.53. The first kappa shape index (κ1) is 14.0. The molecule has 1 aliphatic carbocycles. The Morgan fingerprint density at radius 1 is 1.09 bits per heavy atom.